The van der Waals surface area contributed by atoms with E-state index in [0.29, 0.717) is 10.4 Å². The number of hydrogen-bond donors (Lipinski definition) is 1. The van der Waals surface area contributed by atoms with Crippen LogP contribution in [0.25, 0.3) is 0 Å². The standard InChI is InChI=1S/C12H15BrFNO/c13-11-9(2-1-3-10(11)14)12(15)8-4-6-16-7-5-8/h1-3,8,12H,4-7,15H2. The number of benzene rings is 1. The first kappa shape index (κ1) is 12.0. The third-order valence-electron chi connectivity index (χ3n) is 3.11. The summed E-state index contributed by atoms with van der Waals surface area (Å²) in [7, 11) is 0. The average Bonchev–Trinajstić information content (AvgIpc) is 2.33. The Labute approximate surface area is 103 Å². The largest absolute Gasteiger partial charge is 0.381 e. The van der Waals surface area contributed by atoms with Crippen molar-refractivity contribution in [3.8, 4) is 0 Å². The first-order chi connectivity index (χ1) is 7.70. The molecule has 4 heteroatoms. The van der Waals surface area contributed by atoms with Crippen LogP contribution in [0.15, 0.2) is 22.7 Å². The fraction of sp³-hybridized carbons (Fsp3) is 0.500. The van der Waals surface area contributed by atoms with Gasteiger partial charge in [-0.25, -0.2) is 4.39 Å². The van der Waals surface area contributed by atoms with Gasteiger partial charge in [-0.2, -0.15) is 0 Å². The number of rotatable bonds is 2. The van der Waals surface area contributed by atoms with E-state index in [1.54, 1.807) is 6.07 Å². The number of halogens is 2. The zero-order valence-electron chi connectivity index (χ0n) is 8.96. The average molecular weight is 288 g/mol. The van der Waals surface area contributed by atoms with Crippen molar-refractivity contribution in [1.82, 2.24) is 0 Å². The maximum atomic E-state index is 13.4. The van der Waals surface area contributed by atoms with Gasteiger partial charge in [-0.15, -0.1) is 0 Å². The molecule has 0 aromatic heterocycles. The quantitative estimate of drug-likeness (QED) is 0.908. The molecule has 0 aliphatic carbocycles. The first-order valence-corrected chi connectivity index (χ1v) is 6.26. The number of hydrogen-bond acceptors (Lipinski definition) is 2. The zero-order valence-corrected chi connectivity index (χ0v) is 10.5. The molecule has 16 heavy (non-hydrogen) atoms. The predicted molar refractivity (Wildman–Crippen MR) is 64.6 cm³/mol. The second-order valence-electron chi connectivity index (χ2n) is 4.12. The summed E-state index contributed by atoms with van der Waals surface area (Å²) < 4.78 is 19.2. The Kier molecular flexibility index (Phi) is 3.95. The predicted octanol–water partition coefficient (Wildman–Crippen LogP) is 3.01. The molecule has 2 rings (SSSR count). The molecule has 88 valence electrons. The van der Waals surface area contributed by atoms with Crippen LogP contribution in [0.5, 0.6) is 0 Å². The van der Waals surface area contributed by atoms with E-state index in [0.717, 1.165) is 31.6 Å². The van der Waals surface area contributed by atoms with Gasteiger partial charge in [-0.3, -0.25) is 0 Å². The lowest BCUT2D eigenvalue weighted by Crippen LogP contribution is -2.27. The van der Waals surface area contributed by atoms with Gasteiger partial charge >= 0.3 is 0 Å². The molecule has 1 saturated heterocycles. The smallest absolute Gasteiger partial charge is 0.137 e. The molecule has 1 aromatic carbocycles. The van der Waals surface area contributed by atoms with Crippen molar-refractivity contribution < 1.29 is 9.13 Å². The monoisotopic (exact) mass is 287 g/mol. The summed E-state index contributed by atoms with van der Waals surface area (Å²) >= 11 is 3.26. The Bertz CT molecular complexity index is 366. The van der Waals surface area contributed by atoms with Gasteiger partial charge in [-0.1, -0.05) is 12.1 Å². The molecule has 0 amide bonds. The second kappa shape index (κ2) is 5.25. The highest BCUT2D eigenvalue weighted by molar-refractivity contribution is 9.10. The lowest BCUT2D eigenvalue weighted by molar-refractivity contribution is 0.0583. The van der Waals surface area contributed by atoms with Crippen LogP contribution in [-0.2, 0) is 4.74 Å². The molecule has 2 N–H and O–H groups in total. The van der Waals surface area contributed by atoms with Crippen LogP contribution < -0.4 is 5.73 Å². The zero-order chi connectivity index (χ0) is 11.5. The maximum Gasteiger partial charge on any atom is 0.137 e. The van der Waals surface area contributed by atoms with Gasteiger partial charge in [0.1, 0.15) is 5.82 Å². The summed E-state index contributed by atoms with van der Waals surface area (Å²) in [4.78, 5) is 0. The van der Waals surface area contributed by atoms with Crippen LogP contribution in [0.1, 0.15) is 24.4 Å². The summed E-state index contributed by atoms with van der Waals surface area (Å²) in [5.74, 6) is 0.131. The van der Waals surface area contributed by atoms with Crippen molar-refractivity contribution in [2.24, 2.45) is 11.7 Å². The van der Waals surface area contributed by atoms with E-state index in [1.165, 1.54) is 6.07 Å². The molecule has 0 spiro atoms. The summed E-state index contributed by atoms with van der Waals surface area (Å²) in [6.45, 7) is 1.51. The van der Waals surface area contributed by atoms with Crippen LogP contribution in [0.4, 0.5) is 4.39 Å². The van der Waals surface area contributed by atoms with Crippen LogP contribution >= 0.6 is 15.9 Å². The molecule has 1 unspecified atom stereocenters. The highest BCUT2D eigenvalue weighted by Crippen LogP contribution is 2.33. The van der Waals surface area contributed by atoms with Gasteiger partial charge in [-0.05, 0) is 46.3 Å². The Morgan fingerprint density at radius 2 is 2.06 bits per heavy atom. The van der Waals surface area contributed by atoms with Crippen molar-refractivity contribution in [3.05, 3.63) is 34.1 Å². The van der Waals surface area contributed by atoms with Gasteiger partial charge in [0, 0.05) is 19.3 Å². The van der Waals surface area contributed by atoms with E-state index in [9.17, 15) is 4.39 Å². The highest BCUT2D eigenvalue weighted by atomic mass is 79.9. The number of ether oxygens (including phenoxy) is 1. The molecular weight excluding hydrogens is 273 g/mol. The molecule has 1 heterocycles. The Balaban J connectivity index is 2.19. The molecule has 0 radical (unpaired) electrons. The molecule has 1 atom stereocenters. The fourth-order valence-electron chi connectivity index (χ4n) is 2.11. The second-order valence-corrected chi connectivity index (χ2v) is 4.91. The SMILES string of the molecule is NC(c1cccc(F)c1Br)C1CCOCC1. The van der Waals surface area contributed by atoms with Gasteiger partial charge in [0.25, 0.3) is 0 Å². The summed E-state index contributed by atoms with van der Waals surface area (Å²) in [6, 6.07) is 4.90. The van der Waals surface area contributed by atoms with E-state index in [-0.39, 0.29) is 11.9 Å². The minimum absolute atomic E-state index is 0.117. The Hall–Kier alpha value is -0.450. The van der Waals surface area contributed by atoms with E-state index in [1.807, 2.05) is 6.07 Å². The van der Waals surface area contributed by atoms with Gasteiger partial charge in [0.15, 0.2) is 0 Å². The van der Waals surface area contributed by atoms with Gasteiger partial charge < -0.3 is 10.5 Å². The van der Waals surface area contributed by atoms with Crippen LogP contribution in [0.3, 0.4) is 0 Å². The fourth-order valence-corrected chi connectivity index (χ4v) is 2.64. The molecular formula is C12H15BrFNO. The van der Waals surface area contributed by atoms with Crippen molar-refractivity contribution >= 4 is 15.9 Å². The third-order valence-corrected chi connectivity index (χ3v) is 3.95. The van der Waals surface area contributed by atoms with Crippen LogP contribution in [-0.4, -0.2) is 13.2 Å². The lowest BCUT2D eigenvalue weighted by Gasteiger charge is -2.28. The maximum absolute atomic E-state index is 13.4. The minimum Gasteiger partial charge on any atom is -0.381 e. The summed E-state index contributed by atoms with van der Waals surface area (Å²) in [5, 5.41) is 0. The third kappa shape index (κ3) is 2.44. The molecule has 1 aliphatic heterocycles. The Morgan fingerprint density at radius 3 is 2.75 bits per heavy atom. The van der Waals surface area contributed by atoms with Crippen LogP contribution in [0.2, 0.25) is 0 Å². The summed E-state index contributed by atoms with van der Waals surface area (Å²) in [6.07, 6.45) is 1.90. The van der Waals surface area contributed by atoms with Crippen molar-refractivity contribution in [3.63, 3.8) is 0 Å². The molecule has 1 aromatic rings. The first-order valence-electron chi connectivity index (χ1n) is 5.47. The number of nitrogens with two attached hydrogens (primary N) is 1. The molecule has 0 saturated carbocycles. The van der Waals surface area contributed by atoms with E-state index in [4.69, 9.17) is 10.5 Å². The highest BCUT2D eigenvalue weighted by Gasteiger charge is 2.24. The van der Waals surface area contributed by atoms with E-state index >= 15 is 0 Å². The minimum atomic E-state index is -0.250. The van der Waals surface area contributed by atoms with Crippen molar-refractivity contribution in [2.45, 2.75) is 18.9 Å². The van der Waals surface area contributed by atoms with E-state index < -0.39 is 0 Å². The topological polar surface area (TPSA) is 35.2 Å². The lowest BCUT2D eigenvalue weighted by atomic mass is 9.88. The van der Waals surface area contributed by atoms with E-state index in [2.05, 4.69) is 15.9 Å². The van der Waals surface area contributed by atoms with Crippen LogP contribution in [0, 0.1) is 11.7 Å². The normalized spacial score (nSPS) is 19.7. The van der Waals surface area contributed by atoms with Gasteiger partial charge in [0.2, 0.25) is 0 Å². The van der Waals surface area contributed by atoms with Crippen molar-refractivity contribution in [1.29, 1.82) is 0 Å². The molecule has 2 nitrogen and oxygen atoms in total. The van der Waals surface area contributed by atoms with Crippen molar-refractivity contribution in [2.75, 3.05) is 13.2 Å². The molecule has 1 fully saturated rings. The summed E-state index contributed by atoms with van der Waals surface area (Å²) in [5.41, 5.74) is 7.04. The Morgan fingerprint density at radius 1 is 1.38 bits per heavy atom. The molecule has 0 bridgehead atoms. The van der Waals surface area contributed by atoms with Gasteiger partial charge in [0.05, 0.1) is 4.47 Å². The molecule has 1 aliphatic rings.